The number of aromatic nitrogens is 7. The maximum Gasteiger partial charge on any atom is 0.260 e. The Labute approximate surface area is 184 Å². The molecule has 9 heteroatoms. The lowest BCUT2D eigenvalue weighted by atomic mass is 10.2. The minimum absolute atomic E-state index is 0.0823. The lowest BCUT2D eigenvalue weighted by Gasteiger charge is -2.16. The first kappa shape index (κ1) is 18.9. The van der Waals surface area contributed by atoms with Gasteiger partial charge in [0.05, 0.1) is 17.8 Å². The Morgan fingerprint density at radius 1 is 1.09 bits per heavy atom. The second-order valence-electron chi connectivity index (χ2n) is 8.61. The van der Waals surface area contributed by atoms with Crippen molar-refractivity contribution >= 4 is 11.7 Å². The van der Waals surface area contributed by atoms with Crippen molar-refractivity contribution in [2.75, 3.05) is 4.90 Å². The van der Waals surface area contributed by atoms with E-state index in [4.69, 9.17) is 4.98 Å². The highest BCUT2D eigenvalue weighted by Gasteiger charge is 2.31. The summed E-state index contributed by atoms with van der Waals surface area (Å²) in [6.07, 6.45) is 9.65. The minimum atomic E-state index is -0.0823. The smallest absolute Gasteiger partial charge is 0.260 e. The molecule has 0 atom stereocenters. The van der Waals surface area contributed by atoms with Gasteiger partial charge in [-0.3, -0.25) is 14.3 Å². The topological polar surface area (TPSA) is 94.6 Å². The number of amides is 1. The summed E-state index contributed by atoms with van der Waals surface area (Å²) in [5.74, 6) is 2.46. The Bertz CT molecular complexity index is 1330. The quantitative estimate of drug-likeness (QED) is 0.484. The highest BCUT2D eigenvalue weighted by molar-refractivity contribution is 6.09. The SMILES string of the molecule is CC(C)n1cnnc1-c1cccc(N2Cc3cnc(-n4cnc(C5CC5)c4)cc3C2=O)n1. The van der Waals surface area contributed by atoms with Gasteiger partial charge in [0.15, 0.2) is 5.82 Å². The van der Waals surface area contributed by atoms with E-state index in [0.717, 1.165) is 11.3 Å². The van der Waals surface area contributed by atoms with E-state index < -0.39 is 0 Å². The van der Waals surface area contributed by atoms with Crippen molar-refractivity contribution in [3.05, 3.63) is 66.1 Å². The Hall–Kier alpha value is -3.88. The summed E-state index contributed by atoms with van der Waals surface area (Å²) < 4.78 is 3.85. The molecule has 0 radical (unpaired) electrons. The third-order valence-corrected chi connectivity index (χ3v) is 6.01. The molecule has 0 spiro atoms. The van der Waals surface area contributed by atoms with Crippen molar-refractivity contribution in [1.82, 2.24) is 34.3 Å². The van der Waals surface area contributed by atoms with Gasteiger partial charge in [0.1, 0.15) is 30.0 Å². The van der Waals surface area contributed by atoms with Gasteiger partial charge in [0.2, 0.25) is 0 Å². The number of carbonyl (C=O) groups is 1. The summed E-state index contributed by atoms with van der Waals surface area (Å²) in [5.41, 5.74) is 3.31. The molecular weight excluding hydrogens is 404 g/mol. The van der Waals surface area contributed by atoms with Crippen LogP contribution in [0.1, 0.15) is 60.3 Å². The first-order valence-electron chi connectivity index (χ1n) is 10.8. The fourth-order valence-corrected chi connectivity index (χ4v) is 4.07. The van der Waals surface area contributed by atoms with Gasteiger partial charge in [-0.2, -0.15) is 0 Å². The maximum atomic E-state index is 13.3. The Balaban J connectivity index is 1.30. The number of hydrogen-bond donors (Lipinski definition) is 0. The van der Waals surface area contributed by atoms with Crippen LogP contribution in [0.2, 0.25) is 0 Å². The van der Waals surface area contributed by atoms with Crippen LogP contribution >= 0.6 is 0 Å². The molecule has 0 saturated heterocycles. The highest BCUT2D eigenvalue weighted by atomic mass is 16.2. The lowest BCUT2D eigenvalue weighted by molar-refractivity contribution is 0.0996. The summed E-state index contributed by atoms with van der Waals surface area (Å²) in [6.45, 7) is 4.57. The predicted octanol–water partition coefficient (Wildman–Crippen LogP) is 3.54. The molecule has 1 saturated carbocycles. The monoisotopic (exact) mass is 426 g/mol. The summed E-state index contributed by atoms with van der Waals surface area (Å²) in [5, 5.41) is 8.25. The first-order chi connectivity index (χ1) is 15.6. The van der Waals surface area contributed by atoms with Crippen LogP contribution < -0.4 is 4.90 Å². The van der Waals surface area contributed by atoms with Crippen LogP contribution in [0.5, 0.6) is 0 Å². The van der Waals surface area contributed by atoms with Crippen LogP contribution in [0.3, 0.4) is 0 Å². The predicted molar refractivity (Wildman–Crippen MR) is 117 cm³/mol. The molecule has 160 valence electrons. The molecular formula is C23H22N8O. The number of fused-ring (bicyclic) bond motifs is 1. The van der Waals surface area contributed by atoms with Crippen LogP contribution in [0.15, 0.2) is 49.3 Å². The molecule has 2 aliphatic rings. The van der Waals surface area contributed by atoms with Gasteiger partial charge in [0.25, 0.3) is 5.91 Å². The van der Waals surface area contributed by atoms with Crippen LogP contribution in [0, 0.1) is 0 Å². The molecule has 32 heavy (non-hydrogen) atoms. The zero-order chi connectivity index (χ0) is 21.8. The standard InChI is InChI=1S/C23H22N8O/c1-14(2)31-13-26-28-22(31)18-4-3-5-20(27-18)30-10-16-9-24-21(8-17(16)23(30)32)29-11-19(25-12-29)15-6-7-15/h3-5,8-9,11-15H,6-7,10H2,1-2H3. The van der Waals surface area contributed by atoms with Crippen molar-refractivity contribution in [2.45, 2.75) is 45.2 Å². The third kappa shape index (κ3) is 3.08. The second kappa shape index (κ2) is 7.08. The van der Waals surface area contributed by atoms with Gasteiger partial charge in [-0.05, 0) is 44.9 Å². The van der Waals surface area contributed by atoms with Gasteiger partial charge >= 0.3 is 0 Å². The van der Waals surface area contributed by atoms with Gasteiger partial charge in [0, 0.05) is 29.9 Å². The van der Waals surface area contributed by atoms with Crippen LogP contribution in [0.4, 0.5) is 5.82 Å². The van der Waals surface area contributed by atoms with Crippen molar-refractivity contribution < 1.29 is 4.79 Å². The number of nitrogens with zero attached hydrogens (tertiary/aromatic N) is 8. The number of imidazole rings is 1. The third-order valence-electron chi connectivity index (χ3n) is 6.01. The molecule has 1 aliphatic carbocycles. The number of hydrogen-bond acceptors (Lipinski definition) is 6. The number of rotatable bonds is 5. The van der Waals surface area contributed by atoms with E-state index in [1.165, 1.54) is 12.8 Å². The van der Waals surface area contributed by atoms with E-state index in [2.05, 4.69) is 34.0 Å². The molecule has 0 N–H and O–H groups in total. The number of anilines is 1. The molecule has 9 nitrogen and oxygen atoms in total. The minimum Gasteiger partial charge on any atom is -0.310 e. The molecule has 4 aromatic rings. The second-order valence-corrected chi connectivity index (χ2v) is 8.61. The largest absolute Gasteiger partial charge is 0.310 e. The van der Waals surface area contributed by atoms with Gasteiger partial charge < -0.3 is 4.57 Å². The van der Waals surface area contributed by atoms with E-state index in [1.54, 1.807) is 23.8 Å². The van der Waals surface area contributed by atoms with Crippen LogP contribution in [-0.4, -0.2) is 40.2 Å². The molecule has 4 aromatic heterocycles. The Morgan fingerprint density at radius 2 is 1.97 bits per heavy atom. The van der Waals surface area contributed by atoms with Gasteiger partial charge in [-0.1, -0.05) is 6.07 Å². The van der Waals surface area contributed by atoms with Crippen molar-refractivity contribution in [3.63, 3.8) is 0 Å². The van der Waals surface area contributed by atoms with Gasteiger partial charge in [-0.25, -0.2) is 15.0 Å². The average molecular weight is 426 g/mol. The molecule has 1 aliphatic heterocycles. The molecule has 0 unspecified atom stereocenters. The molecule has 1 amide bonds. The zero-order valence-electron chi connectivity index (χ0n) is 17.9. The van der Waals surface area contributed by atoms with E-state index in [9.17, 15) is 4.79 Å². The maximum absolute atomic E-state index is 13.3. The molecule has 5 heterocycles. The van der Waals surface area contributed by atoms with E-state index in [1.807, 2.05) is 39.6 Å². The summed E-state index contributed by atoms with van der Waals surface area (Å²) >= 11 is 0. The van der Waals surface area contributed by atoms with E-state index in [-0.39, 0.29) is 11.9 Å². The first-order valence-corrected chi connectivity index (χ1v) is 10.8. The van der Waals surface area contributed by atoms with Crippen LogP contribution in [0.25, 0.3) is 17.3 Å². The Kier molecular flexibility index (Phi) is 4.17. The summed E-state index contributed by atoms with van der Waals surface area (Å²) in [4.78, 5) is 28.7. The lowest BCUT2D eigenvalue weighted by Crippen LogP contribution is -2.24. The zero-order valence-corrected chi connectivity index (χ0v) is 17.9. The molecule has 0 bridgehead atoms. The van der Waals surface area contributed by atoms with E-state index in [0.29, 0.717) is 41.2 Å². The van der Waals surface area contributed by atoms with E-state index >= 15 is 0 Å². The van der Waals surface area contributed by atoms with Gasteiger partial charge in [-0.15, -0.1) is 10.2 Å². The van der Waals surface area contributed by atoms with Crippen molar-refractivity contribution in [3.8, 4) is 17.3 Å². The summed E-state index contributed by atoms with van der Waals surface area (Å²) in [7, 11) is 0. The Morgan fingerprint density at radius 3 is 2.78 bits per heavy atom. The average Bonchev–Trinajstić information content (AvgIpc) is 3.22. The fourth-order valence-electron chi connectivity index (χ4n) is 4.07. The number of pyridine rings is 2. The van der Waals surface area contributed by atoms with Crippen molar-refractivity contribution in [2.24, 2.45) is 0 Å². The highest BCUT2D eigenvalue weighted by Crippen LogP contribution is 2.39. The summed E-state index contributed by atoms with van der Waals surface area (Å²) in [6, 6.07) is 7.67. The molecule has 6 rings (SSSR count). The van der Waals surface area contributed by atoms with Crippen molar-refractivity contribution in [1.29, 1.82) is 0 Å². The molecule has 1 fully saturated rings. The number of carbonyl (C=O) groups excluding carboxylic acids is 1. The molecule has 0 aromatic carbocycles. The van der Waals surface area contributed by atoms with Crippen LogP contribution in [-0.2, 0) is 6.54 Å². The normalized spacial score (nSPS) is 15.6. The fraction of sp³-hybridized carbons (Fsp3) is 0.304.